The number of hydrogen-bond donors (Lipinski definition) is 2. The number of benzene rings is 1. The van der Waals surface area contributed by atoms with Crippen molar-refractivity contribution >= 4 is 21.8 Å². The van der Waals surface area contributed by atoms with Crippen LogP contribution in [0, 0.1) is 6.92 Å². The summed E-state index contributed by atoms with van der Waals surface area (Å²) >= 11 is 0. The third-order valence-corrected chi connectivity index (χ3v) is 5.01. The Morgan fingerprint density at radius 1 is 1.17 bits per heavy atom. The number of phenolic OH excluding ortho intramolecular Hbond substituents is 1. The Kier molecular flexibility index (Phi) is 4.76. The highest BCUT2D eigenvalue weighted by molar-refractivity contribution is 6.09. The van der Waals surface area contributed by atoms with Gasteiger partial charge in [0.05, 0.1) is 16.7 Å². The minimum atomic E-state index is 0.273. The lowest BCUT2D eigenvalue weighted by Crippen LogP contribution is -2.32. The quantitative estimate of drug-likeness (QED) is 0.699. The average molecular weight is 325 g/mol. The molecule has 128 valence electrons. The van der Waals surface area contributed by atoms with Crippen LogP contribution in [0.25, 0.3) is 21.8 Å². The number of rotatable bonds is 6. The van der Waals surface area contributed by atoms with Gasteiger partial charge >= 0.3 is 0 Å². The van der Waals surface area contributed by atoms with Crippen LogP contribution in [0.2, 0.25) is 0 Å². The molecule has 0 radical (unpaired) electrons. The molecule has 1 unspecified atom stereocenters. The van der Waals surface area contributed by atoms with Crippen LogP contribution in [-0.4, -0.2) is 27.2 Å². The second-order valence-corrected chi connectivity index (χ2v) is 6.63. The van der Waals surface area contributed by atoms with E-state index < -0.39 is 0 Å². The van der Waals surface area contributed by atoms with Gasteiger partial charge in [-0.2, -0.15) is 0 Å². The number of hydrogen-bond acceptors (Lipinski definition) is 3. The lowest BCUT2D eigenvalue weighted by molar-refractivity contribution is 0.430. The summed E-state index contributed by atoms with van der Waals surface area (Å²) in [5, 5.41) is 16.0. The topological polar surface area (TPSA) is 50.1 Å². The van der Waals surface area contributed by atoms with Gasteiger partial charge in [0.2, 0.25) is 0 Å². The molecule has 1 atom stereocenters. The number of aryl methyl sites for hydroxylation is 1. The van der Waals surface area contributed by atoms with Crippen LogP contribution < -0.4 is 5.32 Å². The van der Waals surface area contributed by atoms with Crippen molar-refractivity contribution in [1.82, 2.24) is 14.9 Å². The third-order valence-electron chi connectivity index (χ3n) is 5.01. The van der Waals surface area contributed by atoms with E-state index >= 15 is 0 Å². The molecular weight excluding hydrogens is 298 g/mol. The van der Waals surface area contributed by atoms with E-state index in [0.717, 1.165) is 36.1 Å². The fraction of sp³-hybridized carbons (Fsp3) is 0.450. The number of aromatic nitrogens is 2. The Labute approximate surface area is 143 Å². The Morgan fingerprint density at radius 2 is 1.92 bits per heavy atom. The molecule has 0 saturated heterocycles. The minimum Gasteiger partial charge on any atom is -0.508 e. The summed E-state index contributed by atoms with van der Waals surface area (Å²) in [6, 6.07) is 8.52. The van der Waals surface area contributed by atoms with E-state index in [0.29, 0.717) is 11.8 Å². The maximum Gasteiger partial charge on any atom is 0.117 e. The third kappa shape index (κ3) is 2.86. The van der Waals surface area contributed by atoms with Gasteiger partial charge in [-0.25, -0.2) is 0 Å². The van der Waals surface area contributed by atoms with Crippen LogP contribution in [0.5, 0.6) is 5.75 Å². The number of nitrogens with one attached hydrogen (secondary N) is 1. The molecule has 0 aliphatic heterocycles. The van der Waals surface area contributed by atoms with E-state index in [4.69, 9.17) is 0 Å². The van der Waals surface area contributed by atoms with Gasteiger partial charge in [-0.1, -0.05) is 13.8 Å². The molecule has 3 rings (SSSR count). The first kappa shape index (κ1) is 16.8. The Morgan fingerprint density at radius 3 is 2.62 bits per heavy atom. The zero-order chi connectivity index (χ0) is 17.3. The van der Waals surface area contributed by atoms with Crippen molar-refractivity contribution in [2.45, 2.75) is 52.6 Å². The van der Waals surface area contributed by atoms with Crippen molar-refractivity contribution in [1.29, 1.82) is 0 Å². The predicted octanol–water partition coefficient (Wildman–Crippen LogP) is 4.54. The van der Waals surface area contributed by atoms with Crippen LogP contribution in [0.4, 0.5) is 0 Å². The zero-order valence-corrected chi connectivity index (χ0v) is 15.0. The van der Waals surface area contributed by atoms with E-state index in [1.165, 1.54) is 10.8 Å². The Bertz CT molecular complexity index is 849. The van der Waals surface area contributed by atoms with E-state index in [2.05, 4.69) is 48.6 Å². The van der Waals surface area contributed by atoms with Crippen molar-refractivity contribution in [3.63, 3.8) is 0 Å². The standard InChI is InChI=1S/C20H27N3O/c1-5-15(6-2)22-12-13(3)23-19-11-16(24)7-8-17(19)18-9-10-21-14(4)20(18)23/h7-11,13,15,22,24H,5-6,12H2,1-4H3. The summed E-state index contributed by atoms with van der Waals surface area (Å²) in [4.78, 5) is 4.49. The summed E-state index contributed by atoms with van der Waals surface area (Å²) in [6.07, 6.45) is 4.14. The summed E-state index contributed by atoms with van der Waals surface area (Å²) in [5.41, 5.74) is 3.26. The van der Waals surface area contributed by atoms with Crippen LogP contribution in [-0.2, 0) is 0 Å². The molecular formula is C20H27N3O. The summed E-state index contributed by atoms with van der Waals surface area (Å²) in [5.74, 6) is 0.303. The molecule has 2 aromatic heterocycles. The number of phenols is 1. The van der Waals surface area contributed by atoms with Crippen LogP contribution in [0.15, 0.2) is 30.5 Å². The molecule has 0 aliphatic carbocycles. The molecule has 0 aliphatic rings. The maximum absolute atomic E-state index is 9.98. The molecule has 4 heteroatoms. The fourth-order valence-corrected chi connectivity index (χ4v) is 3.61. The van der Waals surface area contributed by atoms with Gasteiger partial charge < -0.3 is 15.0 Å². The first-order valence-electron chi connectivity index (χ1n) is 8.88. The smallest absolute Gasteiger partial charge is 0.117 e. The molecule has 0 fully saturated rings. The highest BCUT2D eigenvalue weighted by Crippen LogP contribution is 2.34. The van der Waals surface area contributed by atoms with E-state index in [9.17, 15) is 5.11 Å². The van der Waals surface area contributed by atoms with Gasteiger partial charge in [-0.3, -0.25) is 4.98 Å². The van der Waals surface area contributed by atoms with Crippen molar-refractivity contribution in [3.8, 4) is 5.75 Å². The van der Waals surface area contributed by atoms with E-state index in [1.54, 1.807) is 6.07 Å². The van der Waals surface area contributed by atoms with Crippen molar-refractivity contribution in [2.75, 3.05) is 6.54 Å². The molecule has 4 nitrogen and oxygen atoms in total. The second-order valence-electron chi connectivity index (χ2n) is 6.63. The van der Waals surface area contributed by atoms with Gasteiger partial charge in [0, 0.05) is 41.7 Å². The molecule has 0 saturated carbocycles. The van der Waals surface area contributed by atoms with Gasteiger partial charge in [0.15, 0.2) is 0 Å². The van der Waals surface area contributed by atoms with Crippen molar-refractivity contribution in [3.05, 3.63) is 36.2 Å². The average Bonchev–Trinajstić information content (AvgIpc) is 2.90. The normalized spacial score (nSPS) is 13.2. The first-order chi connectivity index (χ1) is 11.6. The van der Waals surface area contributed by atoms with Crippen LogP contribution >= 0.6 is 0 Å². The van der Waals surface area contributed by atoms with Crippen LogP contribution in [0.1, 0.15) is 45.3 Å². The number of fused-ring (bicyclic) bond motifs is 3. The van der Waals surface area contributed by atoms with Gasteiger partial charge in [0.1, 0.15) is 5.75 Å². The molecule has 0 bridgehead atoms. The first-order valence-corrected chi connectivity index (χ1v) is 8.88. The van der Waals surface area contributed by atoms with E-state index in [1.807, 2.05) is 18.3 Å². The summed E-state index contributed by atoms with van der Waals surface area (Å²) < 4.78 is 2.32. The van der Waals surface area contributed by atoms with Gasteiger partial charge in [0.25, 0.3) is 0 Å². The lowest BCUT2D eigenvalue weighted by atomic mass is 10.1. The minimum absolute atomic E-state index is 0.273. The van der Waals surface area contributed by atoms with Gasteiger partial charge in [-0.05, 0) is 44.9 Å². The maximum atomic E-state index is 9.98. The number of nitrogens with zero attached hydrogens (tertiary/aromatic N) is 2. The summed E-state index contributed by atoms with van der Waals surface area (Å²) in [7, 11) is 0. The number of pyridine rings is 1. The number of aromatic hydroxyl groups is 1. The second kappa shape index (κ2) is 6.81. The molecule has 0 spiro atoms. The largest absolute Gasteiger partial charge is 0.508 e. The van der Waals surface area contributed by atoms with E-state index in [-0.39, 0.29) is 6.04 Å². The zero-order valence-electron chi connectivity index (χ0n) is 15.0. The molecule has 1 aromatic carbocycles. The Balaban J connectivity index is 2.11. The van der Waals surface area contributed by atoms with Crippen molar-refractivity contribution < 1.29 is 5.11 Å². The molecule has 2 heterocycles. The highest BCUT2D eigenvalue weighted by Gasteiger charge is 2.18. The lowest BCUT2D eigenvalue weighted by Gasteiger charge is -2.22. The SMILES string of the molecule is CCC(CC)NCC(C)n1c2cc(O)ccc2c2ccnc(C)c21. The molecule has 2 N–H and O–H groups in total. The van der Waals surface area contributed by atoms with Crippen molar-refractivity contribution in [2.24, 2.45) is 0 Å². The summed E-state index contributed by atoms with van der Waals surface area (Å²) in [6.45, 7) is 9.62. The fourth-order valence-electron chi connectivity index (χ4n) is 3.61. The highest BCUT2D eigenvalue weighted by atomic mass is 16.3. The predicted molar refractivity (Wildman–Crippen MR) is 101 cm³/mol. The Hall–Kier alpha value is -2.07. The monoisotopic (exact) mass is 325 g/mol. The van der Waals surface area contributed by atoms with Gasteiger partial charge in [-0.15, -0.1) is 0 Å². The van der Waals surface area contributed by atoms with Crippen LogP contribution in [0.3, 0.4) is 0 Å². The molecule has 24 heavy (non-hydrogen) atoms. The molecule has 3 aromatic rings. The molecule has 0 amide bonds.